The van der Waals surface area contributed by atoms with Gasteiger partial charge in [0.25, 0.3) is 0 Å². The molecular formula is C34H50N8O5S. The molecule has 0 saturated carbocycles. The molecule has 4 N–H and O–H groups in total. The zero-order valence-corrected chi connectivity index (χ0v) is 29.5. The number of allylic oxidation sites excluding steroid dienone is 2. The molecular weight excluding hydrogens is 632 g/mol. The third-order valence-electron chi connectivity index (χ3n) is 9.68. The number of aliphatic hydroxyl groups excluding tert-OH is 1. The number of thioether (sulfide) groups is 1. The fourth-order valence-electron chi connectivity index (χ4n) is 6.43. The second kappa shape index (κ2) is 17.0. The van der Waals surface area contributed by atoms with Gasteiger partial charge >= 0.3 is 0 Å². The van der Waals surface area contributed by atoms with Gasteiger partial charge in [0.05, 0.1) is 18.8 Å². The van der Waals surface area contributed by atoms with E-state index in [1.54, 1.807) is 28.9 Å². The average molecular weight is 683 g/mol. The molecule has 0 radical (unpaired) electrons. The van der Waals surface area contributed by atoms with Gasteiger partial charge in [0.2, 0.25) is 23.6 Å². The molecule has 13 nitrogen and oxygen atoms in total. The zero-order chi connectivity index (χ0) is 34.8. The summed E-state index contributed by atoms with van der Waals surface area (Å²) >= 11 is 1.53. The van der Waals surface area contributed by atoms with Crippen LogP contribution in [0.1, 0.15) is 71.1 Å². The Labute approximate surface area is 287 Å². The van der Waals surface area contributed by atoms with E-state index in [9.17, 15) is 24.3 Å². The van der Waals surface area contributed by atoms with Gasteiger partial charge in [-0.3, -0.25) is 28.8 Å². The van der Waals surface area contributed by atoms with Crippen LogP contribution in [0.5, 0.6) is 0 Å². The van der Waals surface area contributed by atoms with Gasteiger partial charge in [-0.15, -0.1) is 5.10 Å². The van der Waals surface area contributed by atoms with Crippen molar-refractivity contribution in [1.82, 2.24) is 40.8 Å². The highest BCUT2D eigenvalue weighted by Gasteiger charge is 2.38. The number of aryl methyl sites for hydroxylation is 2. The molecule has 1 aliphatic heterocycles. The van der Waals surface area contributed by atoms with Crippen molar-refractivity contribution in [3.8, 4) is 0 Å². The summed E-state index contributed by atoms with van der Waals surface area (Å²) in [6, 6.07) is 0.576. The molecule has 0 saturated heterocycles. The van der Waals surface area contributed by atoms with Crippen molar-refractivity contribution < 1.29 is 24.3 Å². The number of amides is 4. The first-order chi connectivity index (χ1) is 22.9. The van der Waals surface area contributed by atoms with E-state index in [0.717, 1.165) is 18.4 Å². The lowest BCUT2D eigenvalue weighted by Crippen LogP contribution is -2.60. The second-order valence-corrected chi connectivity index (χ2v) is 14.3. The van der Waals surface area contributed by atoms with Crippen LogP contribution < -0.4 is 16.0 Å². The molecule has 0 fully saturated rings. The van der Waals surface area contributed by atoms with Gasteiger partial charge in [-0.1, -0.05) is 36.8 Å². The number of aliphatic hydroxyl groups is 1. The van der Waals surface area contributed by atoms with E-state index in [2.05, 4.69) is 51.2 Å². The smallest absolute Gasteiger partial charge is 0.245 e. The molecule has 2 aromatic rings. The molecule has 1 aliphatic carbocycles. The van der Waals surface area contributed by atoms with Gasteiger partial charge in [-0.2, -0.15) is 11.8 Å². The molecule has 48 heavy (non-hydrogen) atoms. The predicted molar refractivity (Wildman–Crippen MR) is 183 cm³/mol. The normalized spacial score (nSPS) is 24.8. The Hall–Kier alpha value is -3.78. The number of nitrogens with zero attached hydrogens (tertiary/aromatic N) is 5. The summed E-state index contributed by atoms with van der Waals surface area (Å²) in [7, 11) is 0. The molecule has 262 valence electrons. The van der Waals surface area contributed by atoms with Crippen molar-refractivity contribution in [2.45, 2.75) is 104 Å². The highest BCUT2D eigenvalue weighted by atomic mass is 32.2. The maximum atomic E-state index is 13.8. The number of hydrogen-bond acceptors (Lipinski definition) is 9. The molecule has 14 heteroatoms. The lowest BCUT2D eigenvalue weighted by atomic mass is 9.74. The van der Waals surface area contributed by atoms with Crippen molar-refractivity contribution in [3.05, 3.63) is 53.6 Å². The minimum absolute atomic E-state index is 0.132. The van der Waals surface area contributed by atoms with Gasteiger partial charge < -0.3 is 26.0 Å². The molecule has 0 spiro atoms. The summed E-state index contributed by atoms with van der Waals surface area (Å²) in [6.07, 6.45) is 11.5. The Morgan fingerprint density at radius 3 is 2.67 bits per heavy atom. The van der Waals surface area contributed by atoms with Crippen LogP contribution in [0.15, 0.2) is 42.4 Å². The number of fused-ring (bicyclic) bond motifs is 4. The standard InChI is InChI=1S/C34H50N8O5S/c1-22-31(45)38-30(23(2)43)33(47)37-28(14-18-48-5)32(46)36-20-27-21-41(40-39-27)16-12-25-9-10-26(34(25,3)4)13-17-42(22)29(44)11-8-24-7-6-15-35-19-24/h6-7,9,15,19,21-23,26,28,30,43H,8,10-14,16-18,20H2,1-5H3,(H,36,46)(H,37,47)(H,38,45)/t22-,23+,26+,28-,30-/m0/s1. The van der Waals surface area contributed by atoms with E-state index < -0.39 is 42.0 Å². The Morgan fingerprint density at radius 2 is 1.96 bits per heavy atom. The number of rotatable bonds is 7. The first kappa shape index (κ1) is 37.0. The highest BCUT2D eigenvalue weighted by Crippen LogP contribution is 2.46. The number of nitrogens with one attached hydrogen (secondary N) is 3. The summed E-state index contributed by atoms with van der Waals surface area (Å²) in [5.41, 5.74) is 2.69. The number of pyridine rings is 1. The highest BCUT2D eigenvalue weighted by molar-refractivity contribution is 7.98. The largest absolute Gasteiger partial charge is 0.391 e. The van der Waals surface area contributed by atoms with Crippen LogP contribution in [0.25, 0.3) is 0 Å². The van der Waals surface area contributed by atoms with Crippen LogP contribution in [-0.2, 0) is 38.7 Å². The quantitative estimate of drug-likeness (QED) is 0.319. The Balaban J connectivity index is 1.61. The monoisotopic (exact) mass is 682 g/mol. The molecule has 4 bridgehead atoms. The van der Waals surface area contributed by atoms with E-state index in [-0.39, 0.29) is 30.2 Å². The van der Waals surface area contributed by atoms with Gasteiger partial charge in [-0.25, -0.2) is 0 Å². The van der Waals surface area contributed by atoms with Crippen LogP contribution in [0.2, 0.25) is 0 Å². The first-order valence-electron chi connectivity index (χ1n) is 16.7. The van der Waals surface area contributed by atoms with Crippen molar-refractivity contribution >= 4 is 35.4 Å². The summed E-state index contributed by atoms with van der Waals surface area (Å²) in [6.45, 7) is 8.61. The van der Waals surface area contributed by atoms with Crippen LogP contribution in [0, 0.1) is 11.3 Å². The molecule has 3 heterocycles. The van der Waals surface area contributed by atoms with E-state index in [0.29, 0.717) is 43.8 Å². The fraction of sp³-hybridized carbons (Fsp3) is 0.618. The molecule has 2 aliphatic rings. The van der Waals surface area contributed by atoms with Crippen molar-refractivity contribution in [2.75, 3.05) is 18.6 Å². The molecule has 4 amide bonds. The number of aromatic nitrogens is 4. The SMILES string of the molecule is CSCC[C@@H]1NC(=O)[C@H]([C@@H](C)O)NC(=O)[C@H](C)N(C(=O)CCc2cccnc2)CC[C@H]2CC=C(CCn3cc(nn3)CNC1=O)C2(C)C. The predicted octanol–water partition coefficient (Wildman–Crippen LogP) is 2.01. The van der Waals surface area contributed by atoms with E-state index in [1.807, 2.05) is 24.6 Å². The molecule has 0 unspecified atom stereocenters. The third-order valence-corrected chi connectivity index (χ3v) is 10.3. The minimum atomic E-state index is -1.34. The van der Waals surface area contributed by atoms with Gasteiger partial charge in [0, 0.05) is 31.9 Å². The van der Waals surface area contributed by atoms with Gasteiger partial charge in [0.1, 0.15) is 23.8 Å². The van der Waals surface area contributed by atoms with Crippen molar-refractivity contribution in [2.24, 2.45) is 11.3 Å². The summed E-state index contributed by atoms with van der Waals surface area (Å²) in [4.78, 5) is 59.9. The van der Waals surface area contributed by atoms with Gasteiger partial charge in [-0.05, 0) is 80.9 Å². The van der Waals surface area contributed by atoms with Crippen LogP contribution >= 0.6 is 11.8 Å². The summed E-state index contributed by atoms with van der Waals surface area (Å²) in [5, 5.41) is 27.3. The minimum Gasteiger partial charge on any atom is -0.391 e. The Morgan fingerprint density at radius 1 is 1.17 bits per heavy atom. The fourth-order valence-corrected chi connectivity index (χ4v) is 6.90. The maximum absolute atomic E-state index is 13.8. The van der Waals surface area contributed by atoms with E-state index >= 15 is 0 Å². The zero-order valence-electron chi connectivity index (χ0n) is 28.6. The van der Waals surface area contributed by atoms with Crippen LogP contribution in [0.3, 0.4) is 0 Å². The molecule has 4 rings (SSSR count). The van der Waals surface area contributed by atoms with E-state index in [1.165, 1.54) is 24.3 Å². The molecule has 2 aromatic heterocycles. The topological polar surface area (TPSA) is 171 Å². The Kier molecular flexibility index (Phi) is 13.2. The Bertz CT molecular complexity index is 1450. The number of hydrogen-bond donors (Lipinski definition) is 4. The molecule has 0 aromatic carbocycles. The lowest BCUT2D eigenvalue weighted by molar-refractivity contribution is -0.142. The van der Waals surface area contributed by atoms with Crippen molar-refractivity contribution in [3.63, 3.8) is 0 Å². The van der Waals surface area contributed by atoms with Crippen LogP contribution in [-0.4, -0.2) is 96.4 Å². The van der Waals surface area contributed by atoms with Crippen LogP contribution in [0.4, 0.5) is 0 Å². The number of carbonyl (C=O) groups is 4. The third kappa shape index (κ3) is 9.65. The first-order valence-corrected chi connectivity index (χ1v) is 18.1. The summed E-state index contributed by atoms with van der Waals surface area (Å²) < 4.78 is 1.77. The second-order valence-electron chi connectivity index (χ2n) is 13.3. The van der Waals surface area contributed by atoms with Crippen molar-refractivity contribution in [1.29, 1.82) is 0 Å². The molecule has 5 atom stereocenters. The summed E-state index contributed by atoms with van der Waals surface area (Å²) in [5.74, 6) is -0.992. The number of carbonyl (C=O) groups excluding carboxylic acids is 4. The average Bonchev–Trinajstić information content (AvgIpc) is 3.64. The maximum Gasteiger partial charge on any atom is 0.245 e. The van der Waals surface area contributed by atoms with Gasteiger partial charge in [0.15, 0.2) is 0 Å². The van der Waals surface area contributed by atoms with E-state index in [4.69, 9.17) is 0 Å². The lowest BCUT2D eigenvalue weighted by Gasteiger charge is -2.35.